The third-order valence-electron chi connectivity index (χ3n) is 2.77. The highest BCUT2D eigenvalue weighted by Gasteiger charge is 2.33. The molecule has 0 spiro atoms. The van der Waals surface area contributed by atoms with Crippen LogP contribution in [-0.4, -0.2) is 34.4 Å². The van der Waals surface area contributed by atoms with Crippen LogP contribution in [-0.2, 0) is 9.59 Å². The fraction of sp³-hybridized carbons (Fsp3) is 0.500. The van der Waals surface area contributed by atoms with Crippen molar-refractivity contribution < 1.29 is 9.59 Å². The molecule has 1 N–H and O–H groups in total. The topological polar surface area (TPSA) is 75.2 Å². The quantitative estimate of drug-likeness (QED) is 0.837. The minimum atomic E-state index is -0.452. The van der Waals surface area contributed by atoms with Crippen molar-refractivity contribution in [3.8, 4) is 0 Å². The van der Waals surface area contributed by atoms with Gasteiger partial charge in [0.15, 0.2) is 0 Å². The van der Waals surface area contributed by atoms with Crippen LogP contribution < -0.4 is 10.2 Å². The Balaban J connectivity index is 2.20. The number of carbonyl (C=O) groups is 2. The summed E-state index contributed by atoms with van der Waals surface area (Å²) in [7, 11) is 0. The van der Waals surface area contributed by atoms with E-state index < -0.39 is 6.04 Å². The van der Waals surface area contributed by atoms with Gasteiger partial charge in [0.25, 0.3) is 0 Å². The Kier molecular flexibility index (Phi) is 3.55. The van der Waals surface area contributed by atoms with Gasteiger partial charge in [-0.05, 0) is 12.3 Å². The number of nitrogens with one attached hydrogen (secondary N) is 1. The van der Waals surface area contributed by atoms with Crippen molar-refractivity contribution in [2.45, 2.75) is 26.3 Å². The van der Waals surface area contributed by atoms with Crippen LogP contribution in [0.25, 0.3) is 0 Å². The molecule has 1 unspecified atom stereocenters. The molecular formula is C12H16N4O2. The second-order valence-electron chi connectivity index (χ2n) is 4.77. The van der Waals surface area contributed by atoms with E-state index in [0.717, 1.165) is 0 Å². The molecule has 96 valence electrons. The standard InChI is InChI=1S/C12H16N4O2/c1-8(2)3-10-12(18)16(6-11(17)15-10)9-4-13-7-14-5-9/h4-5,7-8,10H,3,6H2,1-2H3,(H,15,17). The van der Waals surface area contributed by atoms with Crippen molar-refractivity contribution in [3.05, 3.63) is 18.7 Å². The van der Waals surface area contributed by atoms with Gasteiger partial charge >= 0.3 is 0 Å². The summed E-state index contributed by atoms with van der Waals surface area (Å²) in [4.78, 5) is 33.1. The van der Waals surface area contributed by atoms with Gasteiger partial charge in [-0.15, -0.1) is 0 Å². The highest BCUT2D eigenvalue weighted by atomic mass is 16.2. The van der Waals surface area contributed by atoms with Gasteiger partial charge in [-0.2, -0.15) is 0 Å². The van der Waals surface area contributed by atoms with E-state index in [1.807, 2.05) is 13.8 Å². The Morgan fingerprint density at radius 2 is 2.06 bits per heavy atom. The number of hydrogen-bond donors (Lipinski definition) is 1. The van der Waals surface area contributed by atoms with Crippen LogP contribution in [0.15, 0.2) is 18.7 Å². The molecule has 1 aromatic heterocycles. The smallest absolute Gasteiger partial charge is 0.250 e. The van der Waals surface area contributed by atoms with Gasteiger partial charge in [-0.1, -0.05) is 13.8 Å². The summed E-state index contributed by atoms with van der Waals surface area (Å²) in [5.74, 6) is 0.0911. The van der Waals surface area contributed by atoms with Crippen LogP contribution >= 0.6 is 0 Å². The molecule has 0 radical (unpaired) electrons. The van der Waals surface area contributed by atoms with Crippen LogP contribution in [0.5, 0.6) is 0 Å². The highest BCUT2D eigenvalue weighted by Crippen LogP contribution is 2.17. The molecule has 1 atom stereocenters. The molecule has 0 aromatic carbocycles. The summed E-state index contributed by atoms with van der Waals surface area (Å²) < 4.78 is 0. The number of anilines is 1. The summed E-state index contributed by atoms with van der Waals surface area (Å²) in [6.45, 7) is 4.06. The Bertz CT molecular complexity index is 447. The molecule has 1 aromatic rings. The second kappa shape index (κ2) is 5.12. The van der Waals surface area contributed by atoms with Crippen molar-refractivity contribution >= 4 is 17.5 Å². The summed E-state index contributed by atoms with van der Waals surface area (Å²) in [5, 5.41) is 2.73. The van der Waals surface area contributed by atoms with Crippen LogP contribution in [0, 0.1) is 5.92 Å². The van der Waals surface area contributed by atoms with Crippen molar-refractivity contribution in [2.24, 2.45) is 5.92 Å². The van der Waals surface area contributed by atoms with E-state index in [1.165, 1.54) is 23.6 Å². The number of nitrogens with zero attached hydrogens (tertiary/aromatic N) is 3. The third kappa shape index (κ3) is 2.64. The molecular weight excluding hydrogens is 232 g/mol. The number of rotatable bonds is 3. The Morgan fingerprint density at radius 3 is 2.67 bits per heavy atom. The zero-order valence-corrected chi connectivity index (χ0v) is 10.5. The highest BCUT2D eigenvalue weighted by molar-refractivity contribution is 6.06. The van der Waals surface area contributed by atoms with E-state index in [9.17, 15) is 9.59 Å². The largest absolute Gasteiger partial charge is 0.343 e. The fourth-order valence-corrected chi connectivity index (χ4v) is 1.99. The molecule has 2 amide bonds. The summed E-state index contributed by atoms with van der Waals surface area (Å²) in [5.41, 5.74) is 0.561. The molecule has 1 aliphatic heterocycles. The Labute approximate surface area is 105 Å². The molecule has 1 aliphatic rings. The first kappa shape index (κ1) is 12.5. The average molecular weight is 248 g/mol. The Morgan fingerprint density at radius 1 is 1.39 bits per heavy atom. The lowest BCUT2D eigenvalue weighted by molar-refractivity contribution is -0.131. The maximum absolute atomic E-state index is 12.3. The van der Waals surface area contributed by atoms with Crippen LogP contribution in [0.4, 0.5) is 5.69 Å². The van der Waals surface area contributed by atoms with E-state index in [-0.39, 0.29) is 18.4 Å². The van der Waals surface area contributed by atoms with Crippen LogP contribution in [0.3, 0.4) is 0 Å². The van der Waals surface area contributed by atoms with Crippen LogP contribution in [0.1, 0.15) is 20.3 Å². The minimum Gasteiger partial charge on any atom is -0.343 e. The summed E-state index contributed by atoms with van der Waals surface area (Å²) in [6, 6.07) is -0.452. The number of amides is 2. The zero-order chi connectivity index (χ0) is 13.1. The van der Waals surface area contributed by atoms with Crippen molar-refractivity contribution in [1.82, 2.24) is 15.3 Å². The predicted molar refractivity (Wildman–Crippen MR) is 65.8 cm³/mol. The van der Waals surface area contributed by atoms with Gasteiger partial charge in [-0.25, -0.2) is 9.97 Å². The summed E-state index contributed by atoms with van der Waals surface area (Å²) in [6.07, 6.45) is 5.10. The first-order chi connectivity index (χ1) is 8.58. The van der Waals surface area contributed by atoms with E-state index in [4.69, 9.17) is 0 Å². The monoisotopic (exact) mass is 248 g/mol. The zero-order valence-electron chi connectivity index (χ0n) is 10.5. The van der Waals surface area contributed by atoms with Crippen molar-refractivity contribution in [3.63, 3.8) is 0 Å². The summed E-state index contributed by atoms with van der Waals surface area (Å²) >= 11 is 0. The third-order valence-corrected chi connectivity index (χ3v) is 2.77. The van der Waals surface area contributed by atoms with E-state index in [0.29, 0.717) is 18.0 Å². The van der Waals surface area contributed by atoms with Crippen molar-refractivity contribution in [2.75, 3.05) is 11.4 Å². The van der Waals surface area contributed by atoms with E-state index >= 15 is 0 Å². The molecule has 0 bridgehead atoms. The molecule has 6 nitrogen and oxygen atoms in total. The SMILES string of the molecule is CC(C)CC1NC(=O)CN(c2cncnc2)C1=O. The molecule has 0 aliphatic carbocycles. The van der Waals surface area contributed by atoms with E-state index in [2.05, 4.69) is 15.3 Å². The fourth-order valence-electron chi connectivity index (χ4n) is 1.99. The molecule has 0 saturated carbocycles. The number of piperazine rings is 1. The van der Waals surface area contributed by atoms with Crippen molar-refractivity contribution in [1.29, 1.82) is 0 Å². The first-order valence-corrected chi connectivity index (χ1v) is 5.93. The molecule has 1 fully saturated rings. The average Bonchev–Trinajstić information content (AvgIpc) is 2.34. The number of carbonyl (C=O) groups excluding carboxylic acids is 2. The molecule has 2 rings (SSSR count). The van der Waals surface area contributed by atoms with Crippen LogP contribution in [0.2, 0.25) is 0 Å². The number of aromatic nitrogens is 2. The number of hydrogen-bond acceptors (Lipinski definition) is 4. The molecule has 1 saturated heterocycles. The van der Waals surface area contributed by atoms with Gasteiger partial charge in [0, 0.05) is 0 Å². The lowest BCUT2D eigenvalue weighted by Crippen LogP contribution is -2.58. The van der Waals surface area contributed by atoms with E-state index in [1.54, 1.807) is 0 Å². The van der Waals surface area contributed by atoms with Gasteiger partial charge in [-0.3, -0.25) is 14.5 Å². The van der Waals surface area contributed by atoms with Gasteiger partial charge in [0.1, 0.15) is 18.9 Å². The maximum Gasteiger partial charge on any atom is 0.250 e. The lowest BCUT2D eigenvalue weighted by Gasteiger charge is -2.32. The normalized spacial score (nSPS) is 20.2. The molecule has 2 heterocycles. The van der Waals surface area contributed by atoms with Gasteiger partial charge < -0.3 is 5.32 Å². The lowest BCUT2D eigenvalue weighted by atomic mass is 10.0. The minimum absolute atomic E-state index is 0.0286. The molecule has 18 heavy (non-hydrogen) atoms. The van der Waals surface area contributed by atoms with Gasteiger partial charge in [0.05, 0.1) is 18.1 Å². The Hall–Kier alpha value is -1.98. The maximum atomic E-state index is 12.3. The first-order valence-electron chi connectivity index (χ1n) is 5.93. The second-order valence-corrected chi connectivity index (χ2v) is 4.77. The predicted octanol–water partition coefficient (Wildman–Crippen LogP) is 0.354. The van der Waals surface area contributed by atoms with Gasteiger partial charge in [0.2, 0.25) is 11.8 Å². The molecule has 6 heteroatoms.